The largest absolute Gasteiger partial charge is 0.378 e. The third-order valence-corrected chi connectivity index (χ3v) is 3.28. The van der Waals surface area contributed by atoms with Crippen molar-refractivity contribution in [1.82, 2.24) is 0 Å². The number of halogens is 2. The molecule has 0 aliphatic rings. The SMILES string of the molecule is CC(C)c1ccccc1NCC(F)(F)c1ccccc1. The average molecular weight is 275 g/mol. The predicted molar refractivity (Wildman–Crippen MR) is 79.4 cm³/mol. The normalized spacial score (nSPS) is 11.7. The van der Waals surface area contributed by atoms with Crippen LogP contribution < -0.4 is 5.32 Å². The van der Waals surface area contributed by atoms with Gasteiger partial charge in [0.1, 0.15) is 0 Å². The molecular formula is C17H19F2N. The molecule has 0 spiro atoms. The lowest BCUT2D eigenvalue weighted by Crippen LogP contribution is -2.25. The van der Waals surface area contributed by atoms with Crippen LogP contribution in [0, 0.1) is 0 Å². The fourth-order valence-corrected chi connectivity index (χ4v) is 2.15. The predicted octanol–water partition coefficient (Wildman–Crippen LogP) is 5.01. The van der Waals surface area contributed by atoms with Gasteiger partial charge in [-0.1, -0.05) is 62.4 Å². The molecule has 0 aliphatic heterocycles. The number of alkyl halides is 2. The summed E-state index contributed by atoms with van der Waals surface area (Å²) in [6.45, 7) is 3.70. The summed E-state index contributed by atoms with van der Waals surface area (Å²) in [6, 6.07) is 15.5. The molecule has 0 heterocycles. The van der Waals surface area contributed by atoms with E-state index in [1.807, 2.05) is 24.3 Å². The summed E-state index contributed by atoms with van der Waals surface area (Å²) >= 11 is 0. The van der Waals surface area contributed by atoms with Crippen molar-refractivity contribution in [2.75, 3.05) is 11.9 Å². The molecule has 2 aromatic carbocycles. The molecule has 2 aromatic rings. The number of nitrogens with one attached hydrogen (secondary N) is 1. The summed E-state index contributed by atoms with van der Waals surface area (Å²) in [5.74, 6) is -2.59. The number of hydrogen-bond donors (Lipinski definition) is 1. The lowest BCUT2D eigenvalue weighted by Gasteiger charge is -2.20. The van der Waals surface area contributed by atoms with Crippen molar-refractivity contribution in [3.8, 4) is 0 Å². The summed E-state index contributed by atoms with van der Waals surface area (Å²) in [4.78, 5) is 0. The second-order valence-electron chi connectivity index (χ2n) is 5.17. The maximum atomic E-state index is 14.1. The van der Waals surface area contributed by atoms with Crippen LogP contribution in [0.25, 0.3) is 0 Å². The van der Waals surface area contributed by atoms with Crippen LogP contribution in [0.5, 0.6) is 0 Å². The Morgan fingerprint density at radius 3 is 2.20 bits per heavy atom. The van der Waals surface area contributed by atoms with Crippen molar-refractivity contribution in [3.63, 3.8) is 0 Å². The van der Waals surface area contributed by atoms with Crippen molar-refractivity contribution in [2.24, 2.45) is 0 Å². The molecule has 0 amide bonds. The second kappa shape index (κ2) is 6.04. The van der Waals surface area contributed by atoms with Crippen molar-refractivity contribution in [1.29, 1.82) is 0 Å². The minimum atomic E-state index is -2.88. The van der Waals surface area contributed by atoms with Gasteiger partial charge in [-0.2, -0.15) is 8.78 Å². The highest BCUT2D eigenvalue weighted by molar-refractivity contribution is 5.52. The first-order valence-corrected chi connectivity index (χ1v) is 6.77. The van der Waals surface area contributed by atoms with Gasteiger partial charge in [0.25, 0.3) is 5.92 Å². The Hall–Kier alpha value is -1.90. The highest BCUT2D eigenvalue weighted by Gasteiger charge is 2.31. The Balaban J connectivity index is 2.13. The molecule has 0 saturated heterocycles. The third-order valence-electron chi connectivity index (χ3n) is 3.28. The van der Waals surface area contributed by atoms with E-state index in [2.05, 4.69) is 19.2 Å². The molecule has 0 aliphatic carbocycles. The van der Waals surface area contributed by atoms with Gasteiger partial charge in [-0.3, -0.25) is 0 Å². The Morgan fingerprint density at radius 2 is 1.55 bits per heavy atom. The Morgan fingerprint density at radius 1 is 0.950 bits per heavy atom. The summed E-state index contributed by atoms with van der Waals surface area (Å²) in [5.41, 5.74) is 1.86. The summed E-state index contributed by atoms with van der Waals surface area (Å²) in [7, 11) is 0. The highest BCUT2D eigenvalue weighted by atomic mass is 19.3. The molecule has 20 heavy (non-hydrogen) atoms. The number of benzene rings is 2. The van der Waals surface area contributed by atoms with Crippen LogP contribution >= 0.6 is 0 Å². The zero-order valence-corrected chi connectivity index (χ0v) is 11.7. The van der Waals surface area contributed by atoms with Crippen LogP contribution in [0.2, 0.25) is 0 Å². The molecule has 0 fully saturated rings. The molecule has 106 valence electrons. The van der Waals surface area contributed by atoms with Crippen molar-refractivity contribution >= 4 is 5.69 Å². The lowest BCUT2D eigenvalue weighted by molar-refractivity contribution is 0.0106. The van der Waals surface area contributed by atoms with Gasteiger partial charge in [0.15, 0.2) is 0 Å². The fraction of sp³-hybridized carbons (Fsp3) is 0.294. The van der Waals surface area contributed by atoms with Crippen LogP contribution in [0.3, 0.4) is 0 Å². The average Bonchev–Trinajstić information content (AvgIpc) is 2.46. The highest BCUT2D eigenvalue weighted by Crippen LogP contribution is 2.30. The molecule has 1 N–H and O–H groups in total. The van der Waals surface area contributed by atoms with E-state index in [-0.39, 0.29) is 5.56 Å². The van der Waals surface area contributed by atoms with Crippen molar-refractivity contribution in [2.45, 2.75) is 25.7 Å². The molecule has 0 bridgehead atoms. The third kappa shape index (κ3) is 3.35. The van der Waals surface area contributed by atoms with E-state index >= 15 is 0 Å². The topological polar surface area (TPSA) is 12.0 Å². The van der Waals surface area contributed by atoms with Crippen LogP contribution in [0.1, 0.15) is 30.9 Å². The first-order valence-electron chi connectivity index (χ1n) is 6.77. The molecule has 1 nitrogen and oxygen atoms in total. The minimum absolute atomic E-state index is 0.0366. The van der Waals surface area contributed by atoms with Gasteiger partial charge >= 0.3 is 0 Å². The molecule has 0 radical (unpaired) electrons. The Bertz CT molecular complexity index is 550. The van der Waals surface area contributed by atoms with Crippen LogP contribution in [0.4, 0.5) is 14.5 Å². The van der Waals surface area contributed by atoms with Gasteiger partial charge in [0, 0.05) is 11.3 Å². The lowest BCUT2D eigenvalue weighted by atomic mass is 10.0. The zero-order valence-electron chi connectivity index (χ0n) is 11.7. The summed E-state index contributed by atoms with van der Waals surface area (Å²) in [5, 5.41) is 2.88. The number of anilines is 1. The molecular weight excluding hydrogens is 256 g/mol. The quantitative estimate of drug-likeness (QED) is 0.808. The zero-order chi connectivity index (χ0) is 14.6. The molecule has 0 unspecified atom stereocenters. The van der Waals surface area contributed by atoms with E-state index in [0.717, 1.165) is 11.3 Å². The molecule has 2 rings (SSSR count). The van der Waals surface area contributed by atoms with E-state index in [4.69, 9.17) is 0 Å². The van der Waals surface area contributed by atoms with E-state index in [1.54, 1.807) is 18.2 Å². The van der Waals surface area contributed by atoms with Gasteiger partial charge in [-0.05, 0) is 17.5 Å². The maximum absolute atomic E-state index is 14.1. The van der Waals surface area contributed by atoms with Gasteiger partial charge in [-0.15, -0.1) is 0 Å². The summed E-state index contributed by atoms with van der Waals surface area (Å²) < 4.78 is 28.2. The Labute approximate surface area is 118 Å². The standard InChI is InChI=1S/C17H19F2N/c1-13(2)15-10-6-7-11-16(15)20-12-17(18,19)14-8-4-3-5-9-14/h3-11,13,20H,12H2,1-2H3. The minimum Gasteiger partial charge on any atom is -0.378 e. The molecule has 0 saturated carbocycles. The van der Waals surface area contributed by atoms with E-state index in [9.17, 15) is 8.78 Å². The maximum Gasteiger partial charge on any atom is 0.290 e. The van der Waals surface area contributed by atoms with E-state index < -0.39 is 12.5 Å². The fourth-order valence-electron chi connectivity index (χ4n) is 2.15. The second-order valence-corrected chi connectivity index (χ2v) is 5.17. The number of hydrogen-bond acceptors (Lipinski definition) is 1. The summed E-state index contributed by atoms with van der Waals surface area (Å²) in [6.07, 6.45) is 0. The molecule has 3 heteroatoms. The first kappa shape index (κ1) is 14.5. The smallest absolute Gasteiger partial charge is 0.290 e. The van der Waals surface area contributed by atoms with Crippen LogP contribution in [-0.2, 0) is 5.92 Å². The van der Waals surface area contributed by atoms with Crippen molar-refractivity contribution in [3.05, 3.63) is 65.7 Å². The van der Waals surface area contributed by atoms with E-state index in [1.165, 1.54) is 12.1 Å². The van der Waals surface area contributed by atoms with Gasteiger partial charge in [0.05, 0.1) is 6.54 Å². The van der Waals surface area contributed by atoms with E-state index in [0.29, 0.717) is 5.92 Å². The number of para-hydroxylation sites is 1. The van der Waals surface area contributed by atoms with Crippen LogP contribution in [0.15, 0.2) is 54.6 Å². The Kier molecular flexibility index (Phi) is 4.38. The van der Waals surface area contributed by atoms with Crippen molar-refractivity contribution < 1.29 is 8.78 Å². The number of rotatable bonds is 5. The van der Waals surface area contributed by atoms with Gasteiger partial charge in [0.2, 0.25) is 0 Å². The van der Waals surface area contributed by atoms with Gasteiger partial charge < -0.3 is 5.32 Å². The van der Waals surface area contributed by atoms with Gasteiger partial charge in [-0.25, -0.2) is 0 Å². The monoisotopic (exact) mass is 275 g/mol. The first-order chi connectivity index (χ1) is 9.50. The molecule has 0 atom stereocenters. The van der Waals surface area contributed by atoms with Crippen LogP contribution in [-0.4, -0.2) is 6.54 Å². The molecule has 0 aromatic heterocycles.